The summed E-state index contributed by atoms with van der Waals surface area (Å²) < 4.78 is 10.2. The number of aromatic amines is 1. The lowest BCUT2D eigenvalue weighted by Crippen LogP contribution is -2.26. The lowest BCUT2D eigenvalue weighted by molar-refractivity contribution is -0.142. The van der Waals surface area contributed by atoms with Crippen LogP contribution < -0.4 is 4.74 Å². The van der Waals surface area contributed by atoms with E-state index in [1.807, 2.05) is 43.4 Å². The predicted octanol–water partition coefficient (Wildman–Crippen LogP) is 1.99. The summed E-state index contributed by atoms with van der Waals surface area (Å²) in [5.74, 6) is 0.213. The van der Waals surface area contributed by atoms with Gasteiger partial charge >= 0.3 is 5.97 Å². The van der Waals surface area contributed by atoms with Crippen molar-refractivity contribution in [2.75, 3.05) is 34.9 Å². The van der Waals surface area contributed by atoms with E-state index >= 15 is 0 Å². The van der Waals surface area contributed by atoms with Crippen molar-refractivity contribution < 1.29 is 14.3 Å². The normalized spacial score (nSPS) is 12.7. The average Bonchev–Trinajstić information content (AvgIpc) is 2.86. The van der Waals surface area contributed by atoms with Crippen molar-refractivity contribution in [3.8, 4) is 5.75 Å². The Kier molecular flexibility index (Phi) is 4.29. The van der Waals surface area contributed by atoms with Gasteiger partial charge in [0.05, 0.1) is 20.1 Å². The maximum Gasteiger partial charge on any atom is 0.314 e. The number of carbonyl (C=O) groups is 1. The minimum absolute atomic E-state index is 0.234. The molecule has 1 atom stereocenters. The third-order valence-corrected chi connectivity index (χ3v) is 3.33. The van der Waals surface area contributed by atoms with Crippen LogP contribution >= 0.6 is 0 Å². The zero-order valence-corrected chi connectivity index (χ0v) is 12.3. The van der Waals surface area contributed by atoms with Crippen LogP contribution in [0.4, 0.5) is 0 Å². The quantitative estimate of drug-likeness (QED) is 0.849. The molecule has 5 heteroatoms. The Morgan fingerprint density at radius 2 is 2.10 bits per heavy atom. The van der Waals surface area contributed by atoms with Crippen LogP contribution in [-0.2, 0) is 9.53 Å². The molecule has 20 heavy (non-hydrogen) atoms. The molecule has 0 saturated carbocycles. The Morgan fingerprint density at radius 1 is 1.35 bits per heavy atom. The SMILES string of the molecule is COC(=O)C(CN(C)C)c1c[nH]c2ccc(OC)cc12. The summed E-state index contributed by atoms with van der Waals surface area (Å²) in [7, 11) is 6.92. The number of ether oxygens (including phenoxy) is 2. The third kappa shape index (κ3) is 2.77. The number of hydrogen-bond donors (Lipinski definition) is 1. The number of hydrogen-bond acceptors (Lipinski definition) is 4. The highest BCUT2D eigenvalue weighted by Crippen LogP contribution is 2.29. The van der Waals surface area contributed by atoms with E-state index in [9.17, 15) is 4.79 Å². The summed E-state index contributed by atoms with van der Waals surface area (Å²) in [6, 6.07) is 5.77. The minimum Gasteiger partial charge on any atom is -0.497 e. The van der Waals surface area contributed by atoms with Gasteiger partial charge in [-0.3, -0.25) is 4.79 Å². The van der Waals surface area contributed by atoms with Gasteiger partial charge < -0.3 is 19.4 Å². The minimum atomic E-state index is -0.323. The Balaban J connectivity index is 2.49. The van der Waals surface area contributed by atoms with Crippen molar-refractivity contribution in [3.05, 3.63) is 30.0 Å². The zero-order chi connectivity index (χ0) is 14.7. The van der Waals surface area contributed by atoms with Crippen LogP contribution in [0.5, 0.6) is 5.75 Å². The second kappa shape index (κ2) is 5.96. The molecular formula is C15H20N2O3. The van der Waals surface area contributed by atoms with Gasteiger partial charge in [0.1, 0.15) is 5.75 Å². The zero-order valence-electron chi connectivity index (χ0n) is 12.3. The standard InChI is InChI=1S/C15H20N2O3/c1-17(2)9-13(15(18)20-4)12-8-16-14-6-5-10(19-3)7-11(12)14/h5-8,13,16H,9H2,1-4H3. The third-order valence-electron chi connectivity index (χ3n) is 3.33. The van der Waals surface area contributed by atoms with Crippen LogP contribution in [0.3, 0.4) is 0 Å². The summed E-state index contributed by atoms with van der Waals surface area (Å²) in [4.78, 5) is 17.2. The molecular weight excluding hydrogens is 256 g/mol. The lowest BCUT2D eigenvalue weighted by Gasteiger charge is -2.18. The van der Waals surface area contributed by atoms with E-state index in [-0.39, 0.29) is 11.9 Å². The Hall–Kier alpha value is -2.01. The van der Waals surface area contributed by atoms with E-state index in [1.165, 1.54) is 7.11 Å². The van der Waals surface area contributed by atoms with Gasteiger partial charge in [-0.25, -0.2) is 0 Å². The Labute approximate surface area is 118 Å². The molecule has 1 aromatic heterocycles. The van der Waals surface area contributed by atoms with Crippen molar-refractivity contribution >= 4 is 16.9 Å². The largest absolute Gasteiger partial charge is 0.497 e. The van der Waals surface area contributed by atoms with E-state index in [0.29, 0.717) is 6.54 Å². The summed E-state index contributed by atoms with van der Waals surface area (Å²) in [6.45, 7) is 0.594. The van der Waals surface area contributed by atoms with E-state index in [2.05, 4.69) is 4.98 Å². The molecule has 0 amide bonds. The van der Waals surface area contributed by atoms with Crippen molar-refractivity contribution in [3.63, 3.8) is 0 Å². The van der Waals surface area contributed by atoms with Crippen LogP contribution in [0.15, 0.2) is 24.4 Å². The number of carbonyl (C=O) groups excluding carboxylic acids is 1. The number of nitrogens with one attached hydrogen (secondary N) is 1. The van der Waals surface area contributed by atoms with E-state index in [4.69, 9.17) is 9.47 Å². The second-order valence-corrected chi connectivity index (χ2v) is 4.99. The molecule has 1 heterocycles. The number of fused-ring (bicyclic) bond motifs is 1. The smallest absolute Gasteiger partial charge is 0.314 e. The van der Waals surface area contributed by atoms with E-state index < -0.39 is 0 Å². The van der Waals surface area contributed by atoms with Gasteiger partial charge in [0.25, 0.3) is 0 Å². The summed E-state index contributed by atoms with van der Waals surface area (Å²) in [5, 5.41) is 0.988. The second-order valence-electron chi connectivity index (χ2n) is 4.99. The van der Waals surface area contributed by atoms with Crippen LogP contribution in [0.2, 0.25) is 0 Å². The number of aromatic nitrogens is 1. The number of H-pyrrole nitrogens is 1. The van der Waals surface area contributed by atoms with Crippen LogP contribution in [-0.4, -0.2) is 50.7 Å². The topological polar surface area (TPSA) is 54.6 Å². The molecule has 0 bridgehead atoms. The van der Waals surface area contributed by atoms with Gasteiger partial charge in [-0.05, 0) is 37.9 Å². The maximum absolute atomic E-state index is 12.1. The lowest BCUT2D eigenvalue weighted by atomic mass is 9.98. The van der Waals surface area contributed by atoms with Crippen molar-refractivity contribution in [1.82, 2.24) is 9.88 Å². The van der Waals surface area contributed by atoms with Crippen molar-refractivity contribution in [1.29, 1.82) is 0 Å². The molecule has 0 fully saturated rings. The highest BCUT2D eigenvalue weighted by atomic mass is 16.5. The first-order valence-electron chi connectivity index (χ1n) is 6.44. The maximum atomic E-state index is 12.1. The first kappa shape index (κ1) is 14.4. The summed E-state index contributed by atoms with van der Waals surface area (Å²) in [5.41, 5.74) is 1.91. The molecule has 5 nitrogen and oxygen atoms in total. The fourth-order valence-electron chi connectivity index (χ4n) is 2.34. The fourth-order valence-corrected chi connectivity index (χ4v) is 2.34. The first-order chi connectivity index (χ1) is 9.56. The molecule has 0 spiro atoms. The van der Waals surface area contributed by atoms with Gasteiger partial charge in [0, 0.05) is 23.6 Å². The molecule has 1 N–H and O–H groups in total. The molecule has 0 aliphatic rings. The average molecular weight is 276 g/mol. The molecule has 0 saturated heterocycles. The van der Waals surface area contributed by atoms with Gasteiger partial charge in [0.15, 0.2) is 0 Å². The summed E-state index contributed by atoms with van der Waals surface area (Å²) >= 11 is 0. The van der Waals surface area contributed by atoms with Crippen molar-refractivity contribution in [2.45, 2.75) is 5.92 Å². The molecule has 108 valence electrons. The monoisotopic (exact) mass is 276 g/mol. The highest BCUT2D eigenvalue weighted by Gasteiger charge is 2.25. The number of rotatable bonds is 5. The highest BCUT2D eigenvalue weighted by molar-refractivity contribution is 5.90. The van der Waals surface area contributed by atoms with Gasteiger partial charge in [-0.15, -0.1) is 0 Å². The Morgan fingerprint density at radius 3 is 2.70 bits per heavy atom. The molecule has 0 aliphatic carbocycles. The van der Waals surface area contributed by atoms with Crippen LogP contribution in [0.25, 0.3) is 10.9 Å². The van der Waals surface area contributed by atoms with E-state index in [1.54, 1.807) is 7.11 Å². The van der Waals surface area contributed by atoms with Crippen LogP contribution in [0, 0.1) is 0 Å². The summed E-state index contributed by atoms with van der Waals surface area (Å²) in [6.07, 6.45) is 1.87. The van der Waals surface area contributed by atoms with Gasteiger partial charge in [0.2, 0.25) is 0 Å². The number of likely N-dealkylation sites (N-methyl/N-ethyl adjacent to an activating group) is 1. The van der Waals surface area contributed by atoms with Gasteiger partial charge in [-0.1, -0.05) is 0 Å². The van der Waals surface area contributed by atoms with E-state index in [0.717, 1.165) is 22.2 Å². The van der Waals surface area contributed by atoms with Crippen LogP contribution in [0.1, 0.15) is 11.5 Å². The molecule has 1 unspecified atom stereocenters. The number of methoxy groups -OCH3 is 2. The molecule has 1 aromatic carbocycles. The number of esters is 1. The molecule has 0 aliphatic heterocycles. The molecule has 2 aromatic rings. The fraction of sp³-hybridized carbons (Fsp3) is 0.400. The predicted molar refractivity (Wildman–Crippen MR) is 78.2 cm³/mol. The Bertz CT molecular complexity index is 604. The van der Waals surface area contributed by atoms with Crippen molar-refractivity contribution in [2.24, 2.45) is 0 Å². The van der Waals surface area contributed by atoms with Gasteiger partial charge in [-0.2, -0.15) is 0 Å². The molecule has 0 radical (unpaired) electrons. The molecule has 2 rings (SSSR count). The number of benzene rings is 1. The first-order valence-corrected chi connectivity index (χ1v) is 6.44. The number of nitrogens with zero attached hydrogens (tertiary/aromatic N) is 1.